The lowest BCUT2D eigenvalue weighted by atomic mass is 10.1. The summed E-state index contributed by atoms with van der Waals surface area (Å²) in [6.07, 6.45) is 5.93. The van der Waals surface area contributed by atoms with E-state index in [0.717, 1.165) is 18.4 Å². The van der Waals surface area contributed by atoms with Crippen LogP contribution in [0, 0.1) is 0 Å². The van der Waals surface area contributed by atoms with Crippen molar-refractivity contribution in [2.75, 3.05) is 6.61 Å². The topological polar surface area (TPSA) is 86.0 Å². The van der Waals surface area contributed by atoms with Gasteiger partial charge in [-0.25, -0.2) is 4.79 Å². The number of allylic oxidation sites excluding steroid dienone is 3. The monoisotopic (exact) mass is 372 g/mol. The predicted octanol–water partition coefficient (Wildman–Crippen LogP) is 4.50. The third kappa shape index (κ3) is 5.74. The first-order valence-electron chi connectivity index (χ1n) is 8.68. The fourth-order valence-corrected chi connectivity index (χ4v) is 2.48. The second kappa shape index (κ2) is 9.07. The van der Waals surface area contributed by atoms with Crippen LogP contribution in [0.5, 0.6) is 17.2 Å². The van der Waals surface area contributed by atoms with Gasteiger partial charge in [0.1, 0.15) is 17.9 Å². The second-order valence-corrected chi connectivity index (χ2v) is 6.50. The van der Waals surface area contributed by atoms with Crippen LogP contribution < -0.4 is 15.1 Å². The summed E-state index contributed by atoms with van der Waals surface area (Å²) in [5.74, 6) is -0.784. The normalized spacial score (nSPS) is 11.3. The molecule has 1 aromatic carbocycles. The number of fused-ring (bicyclic) bond motifs is 1. The number of ether oxygens (including phenoxy) is 2. The molecule has 0 bridgehead atoms. The average molecular weight is 372 g/mol. The minimum Gasteiger partial charge on any atom is -0.499 e. The first-order chi connectivity index (χ1) is 12.8. The third-order valence-electron chi connectivity index (χ3n) is 3.82. The van der Waals surface area contributed by atoms with Crippen molar-refractivity contribution in [3.63, 3.8) is 0 Å². The smallest absolute Gasteiger partial charge is 0.382 e. The molecule has 0 saturated carbocycles. The molecule has 0 fully saturated rings. The molecule has 6 heteroatoms. The van der Waals surface area contributed by atoms with Crippen molar-refractivity contribution in [2.45, 2.75) is 40.5 Å². The first kappa shape index (κ1) is 20.3. The molecule has 1 heterocycles. The summed E-state index contributed by atoms with van der Waals surface area (Å²) in [4.78, 5) is 22.9. The number of esters is 1. The van der Waals surface area contributed by atoms with E-state index in [-0.39, 0.29) is 23.7 Å². The largest absolute Gasteiger partial charge is 0.499 e. The fourth-order valence-electron chi connectivity index (χ4n) is 2.48. The van der Waals surface area contributed by atoms with Crippen molar-refractivity contribution in [1.29, 1.82) is 0 Å². The van der Waals surface area contributed by atoms with Crippen LogP contribution in [0.4, 0.5) is 0 Å². The Labute approximate surface area is 157 Å². The second-order valence-electron chi connectivity index (χ2n) is 6.50. The van der Waals surface area contributed by atoms with Gasteiger partial charge in [0.05, 0.1) is 5.39 Å². The van der Waals surface area contributed by atoms with Crippen molar-refractivity contribution in [3.05, 3.63) is 51.9 Å². The first-order valence-corrected chi connectivity index (χ1v) is 8.68. The van der Waals surface area contributed by atoms with Gasteiger partial charge < -0.3 is 19.0 Å². The van der Waals surface area contributed by atoms with Crippen LogP contribution in [0.1, 0.15) is 40.5 Å². The molecule has 0 amide bonds. The van der Waals surface area contributed by atoms with E-state index in [1.165, 1.54) is 24.6 Å². The summed E-state index contributed by atoms with van der Waals surface area (Å²) in [7, 11) is 0. The molecule has 6 nitrogen and oxygen atoms in total. The number of hydrogen-bond donors (Lipinski definition) is 1. The van der Waals surface area contributed by atoms with Gasteiger partial charge in [-0.05, 0) is 51.8 Å². The van der Waals surface area contributed by atoms with Crippen molar-refractivity contribution in [2.24, 2.45) is 0 Å². The molecule has 0 spiro atoms. The van der Waals surface area contributed by atoms with Crippen molar-refractivity contribution in [3.8, 4) is 17.2 Å². The van der Waals surface area contributed by atoms with E-state index in [0.29, 0.717) is 5.39 Å². The minimum absolute atomic E-state index is 0.0453. The lowest BCUT2D eigenvalue weighted by Gasteiger charge is -2.10. The standard InChI is InChI=1S/C21H24O6/c1-13(2)6-5-7-14(3)10-11-25-20-17-9-8-16(26-15(4)22)12-18(17)27-21(24)19(20)23/h6,8-10,12,23H,5,7,11H2,1-4H3/b14-10+. The number of aromatic hydroxyl groups is 1. The van der Waals surface area contributed by atoms with Gasteiger partial charge in [0.25, 0.3) is 0 Å². The molecule has 0 saturated heterocycles. The number of carbonyl (C=O) groups is 1. The molecule has 0 atom stereocenters. The lowest BCUT2D eigenvalue weighted by Crippen LogP contribution is -2.05. The maximum absolute atomic E-state index is 11.9. The number of benzene rings is 1. The molecule has 0 radical (unpaired) electrons. The van der Waals surface area contributed by atoms with Crippen molar-refractivity contribution in [1.82, 2.24) is 0 Å². The van der Waals surface area contributed by atoms with Gasteiger partial charge in [-0.3, -0.25) is 4.79 Å². The Kier molecular flexibility index (Phi) is 6.82. The molecule has 0 aliphatic rings. The zero-order chi connectivity index (χ0) is 20.0. The van der Waals surface area contributed by atoms with Crippen molar-refractivity contribution >= 4 is 16.9 Å². The molecular formula is C21H24O6. The average Bonchev–Trinajstić information content (AvgIpc) is 2.57. The Morgan fingerprint density at radius 1 is 1.19 bits per heavy atom. The van der Waals surface area contributed by atoms with E-state index in [2.05, 4.69) is 19.9 Å². The molecule has 2 rings (SSSR count). The maximum Gasteiger partial charge on any atom is 0.382 e. The van der Waals surface area contributed by atoms with Crippen LogP contribution in [0.25, 0.3) is 11.0 Å². The number of carbonyl (C=O) groups excluding carboxylic acids is 1. The van der Waals surface area contributed by atoms with Crippen molar-refractivity contribution < 1.29 is 23.8 Å². The van der Waals surface area contributed by atoms with E-state index < -0.39 is 17.3 Å². The van der Waals surface area contributed by atoms with E-state index in [9.17, 15) is 14.7 Å². The van der Waals surface area contributed by atoms with Gasteiger partial charge in [-0.1, -0.05) is 17.2 Å². The van der Waals surface area contributed by atoms with Crippen LogP contribution in [0.15, 0.2) is 50.7 Å². The maximum atomic E-state index is 11.9. The highest BCUT2D eigenvalue weighted by molar-refractivity contribution is 5.87. The molecule has 2 aromatic rings. The van der Waals surface area contributed by atoms with Crippen LogP contribution in [0.3, 0.4) is 0 Å². The molecule has 0 unspecified atom stereocenters. The van der Waals surface area contributed by atoms with Gasteiger partial charge in [0.15, 0.2) is 5.75 Å². The van der Waals surface area contributed by atoms with E-state index in [1.807, 2.05) is 13.0 Å². The number of rotatable bonds is 7. The summed E-state index contributed by atoms with van der Waals surface area (Å²) in [5.41, 5.74) is 1.67. The Balaban J connectivity index is 2.21. The van der Waals surface area contributed by atoms with Gasteiger partial charge in [0, 0.05) is 13.0 Å². The summed E-state index contributed by atoms with van der Waals surface area (Å²) >= 11 is 0. The van der Waals surface area contributed by atoms with E-state index in [1.54, 1.807) is 6.07 Å². The van der Waals surface area contributed by atoms with Gasteiger partial charge in [-0.2, -0.15) is 0 Å². The van der Waals surface area contributed by atoms with Gasteiger partial charge in [0.2, 0.25) is 5.75 Å². The quantitative estimate of drug-likeness (QED) is 0.333. The Bertz CT molecular complexity index is 945. The summed E-state index contributed by atoms with van der Waals surface area (Å²) in [6.45, 7) is 7.61. The highest BCUT2D eigenvalue weighted by Gasteiger charge is 2.16. The van der Waals surface area contributed by atoms with Crippen LogP contribution in [-0.4, -0.2) is 17.7 Å². The van der Waals surface area contributed by atoms with E-state index in [4.69, 9.17) is 13.9 Å². The highest BCUT2D eigenvalue weighted by Crippen LogP contribution is 2.33. The highest BCUT2D eigenvalue weighted by atomic mass is 16.5. The lowest BCUT2D eigenvalue weighted by molar-refractivity contribution is -0.131. The zero-order valence-electron chi connectivity index (χ0n) is 16.0. The van der Waals surface area contributed by atoms with E-state index >= 15 is 0 Å². The Hall–Kier alpha value is -3.02. The van der Waals surface area contributed by atoms with Gasteiger partial charge >= 0.3 is 11.6 Å². The fraction of sp³-hybridized carbons (Fsp3) is 0.333. The van der Waals surface area contributed by atoms with Gasteiger partial charge in [-0.15, -0.1) is 0 Å². The molecular weight excluding hydrogens is 348 g/mol. The van der Waals surface area contributed by atoms with Crippen LogP contribution >= 0.6 is 0 Å². The summed E-state index contributed by atoms with van der Waals surface area (Å²) in [6, 6.07) is 4.51. The predicted molar refractivity (Wildman–Crippen MR) is 103 cm³/mol. The molecule has 1 aromatic heterocycles. The minimum atomic E-state index is -0.915. The number of hydrogen-bond acceptors (Lipinski definition) is 6. The molecule has 27 heavy (non-hydrogen) atoms. The third-order valence-corrected chi connectivity index (χ3v) is 3.82. The zero-order valence-corrected chi connectivity index (χ0v) is 16.0. The molecule has 0 aliphatic heterocycles. The Morgan fingerprint density at radius 3 is 2.59 bits per heavy atom. The Morgan fingerprint density at radius 2 is 1.93 bits per heavy atom. The van der Waals surface area contributed by atoms with Crippen LogP contribution in [0.2, 0.25) is 0 Å². The SMILES string of the molecule is CC(=O)Oc1ccc2c(OC/C=C(\C)CCC=C(C)C)c(O)c(=O)oc2c1. The van der Waals surface area contributed by atoms with Crippen LogP contribution in [-0.2, 0) is 4.79 Å². The molecule has 0 aliphatic carbocycles. The summed E-state index contributed by atoms with van der Waals surface area (Å²) in [5, 5.41) is 10.4. The molecule has 144 valence electrons. The molecule has 1 N–H and O–H groups in total. The summed E-state index contributed by atoms with van der Waals surface area (Å²) < 4.78 is 15.7.